The van der Waals surface area contributed by atoms with Gasteiger partial charge in [0.05, 0.1) is 11.0 Å². The van der Waals surface area contributed by atoms with E-state index in [4.69, 9.17) is 11.6 Å². The fourth-order valence-corrected chi connectivity index (χ4v) is 2.76. The molecule has 1 N–H and O–H groups in total. The van der Waals surface area contributed by atoms with E-state index < -0.39 is 0 Å². The summed E-state index contributed by atoms with van der Waals surface area (Å²) in [5.41, 5.74) is 1.70. The summed E-state index contributed by atoms with van der Waals surface area (Å²) in [5.74, 6) is 0. The molecule has 19 heavy (non-hydrogen) atoms. The number of nitrogens with zero attached hydrogens (tertiary/aromatic N) is 2. The van der Waals surface area contributed by atoms with E-state index in [0.29, 0.717) is 5.02 Å². The van der Waals surface area contributed by atoms with Crippen molar-refractivity contribution in [2.75, 3.05) is 19.6 Å². The zero-order valence-electron chi connectivity index (χ0n) is 10.6. The van der Waals surface area contributed by atoms with E-state index in [2.05, 4.69) is 9.88 Å². The number of H-pyrrole nitrogens is 1. The van der Waals surface area contributed by atoms with Crippen molar-refractivity contribution >= 4 is 35.0 Å². The molecule has 4 nitrogen and oxygen atoms in total. The molecule has 1 saturated heterocycles. The Morgan fingerprint density at radius 1 is 1.21 bits per heavy atom. The van der Waals surface area contributed by atoms with Gasteiger partial charge in [-0.3, -0.25) is 4.57 Å². The summed E-state index contributed by atoms with van der Waals surface area (Å²) in [7, 11) is 0. The molecule has 0 amide bonds. The van der Waals surface area contributed by atoms with Crippen molar-refractivity contribution in [2.24, 2.45) is 0 Å². The molecule has 1 aliphatic heterocycles. The summed E-state index contributed by atoms with van der Waals surface area (Å²) in [4.78, 5) is 17.2. The van der Waals surface area contributed by atoms with E-state index >= 15 is 0 Å². The van der Waals surface area contributed by atoms with E-state index in [1.54, 1.807) is 10.6 Å². The lowest BCUT2D eigenvalue weighted by Crippen LogP contribution is -2.28. The molecule has 3 rings (SSSR count). The lowest BCUT2D eigenvalue weighted by atomic mass is 10.3. The maximum Gasteiger partial charge on any atom is 0.326 e. The molecular formula is C13H17Cl2N3O. The minimum absolute atomic E-state index is 0. The number of aromatic amines is 1. The number of nitrogens with one attached hydrogen (secondary N) is 1. The van der Waals surface area contributed by atoms with Gasteiger partial charge in [0.15, 0.2) is 0 Å². The molecular weight excluding hydrogens is 285 g/mol. The number of aromatic nitrogens is 2. The Kier molecular flexibility index (Phi) is 4.55. The molecule has 1 aliphatic rings. The van der Waals surface area contributed by atoms with Gasteiger partial charge in [-0.1, -0.05) is 11.6 Å². The summed E-state index contributed by atoms with van der Waals surface area (Å²) in [5, 5.41) is 0.663. The molecule has 1 aromatic heterocycles. The van der Waals surface area contributed by atoms with E-state index in [-0.39, 0.29) is 18.1 Å². The van der Waals surface area contributed by atoms with Gasteiger partial charge in [-0.25, -0.2) is 4.79 Å². The molecule has 0 saturated carbocycles. The topological polar surface area (TPSA) is 41.0 Å². The molecule has 0 atom stereocenters. The van der Waals surface area contributed by atoms with Crippen LogP contribution in [0.1, 0.15) is 12.8 Å². The van der Waals surface area contributed by atoms with E-state index in [9.17, 15) is 4.79 Å². The molecule has 6 heteroatoms. The van der Waals surface area contributed by atoms with Crippen molar-refractivity contribution in [1.82, 2.24) is 14.5 Å². The average molecular weight is 302 g/mol. The zero-order valence-corrected chi connectivity index (χ0v) is 12.1. The second-order valence-corrected chi connectivity index (χ2v) is 5.23. The Balaban J connectivity index is 0.00000133. The molecule has 1 fully saturated rings. The molecule has 0 bridgehead atoms. The summed E-state index contributed by atoms with van der Waals surface area (Å²) < 4.78 is 1.78. The number of rotatable bonds is 3. The first-order valence-corrected chi connectivity index (χ1v) is 6.72. The van der Waals surface area contributed by atoms with Gasteiger partial charge in [0.1, 0.15) is 0 Å². The van der Waals surface area contributed by atoms with Gasteiger partial charge >= 0.3 is 5.69 Å². The first-order valence-electron chi connectivity index (χ1n) is 6.34. The predicted octanol–water partition coefficient (Wildman–Crippen LogP) is 2.50. The molecule has 1 aromatic carbocycles. The highest BCUT2D eigenvalue weighted by atomic mass is 35.5. The van der Waals surface area contributed by atoms with Crippen LogP contribution in [0, 0.1) is 0 Å². The van der Waals surface area contributed by atoms with Crippen LogP contribution < -0.4 is 5.69 Å². The van der Waals surface area contributed by atoms with Crippen LogP contribution in [0.5, 0.6) is 0 Å². The number of imidazole rings is 1. The van der Waals surface area contributed by atoms with Gasteiger partial charge in [0, 0.05) is 18.1 Å². The number of hydrogen-bond acceptors (Lipinski definition) is 2. The Morgan fingerprint density at radius 3 is 2.68 bits per heavy atom. The molecule has 0 unspecified atom stereocenters. The van der Waals surface area contributed by atoms with Gasteiger partial charge in [0.25, 0.3) is 0 Å². The summed E-state index contributed by atoms with van der Waals surface area (Å²) in [6, 6.07) is 5.49. The van der Waals surface area contributed by atoms with Crippen LogP contribution in [0.15, 0.2) is 23.0 Å². The Morgan fingerprint density at radius 2 is 1.95 bits per heavy atom. The average Bonchev–Trinajstić information content (AvgIpc) is 2.94. The minimum Gasteiger partial charge on any atom is -0.306 e. The van der Waals surface area contributed by atoms with Gasteiger partial charge in [-0.2, -0.15) is 0 Å². The predicted molar refractivity (Wildman–Crippen MR) is 80.5 cm³/mol. The minimum atomic E-state index is -0.0496. The molecule has 104 valence electrons. The van der Waals surface area contributed by atoms with Crippen LogP contribution in [0.4, 0.5) is 0 Å². The highest BCUT2D eigenvalue weighted by Gasteiger charge is 2.13. The highest BCUT2D eigenvalue weighted by Crippen LogP contribution is 2.17. The molecule has 2 aromatic rings. The third kappa shape index (κ3) is 2.96. The maximum absolute atomic E-state index is 11.9. The first kappa shape index (κ1) is 14.4. The molecule has 0 radical (unpaired) electrons. The van der Waals surface area contributed by atoms with Crippen molar-refractivity contribution < 1.29 is 0 Å². The van der Waals surface area contributed by atoms with Gasteiger partial charge in [-0.15, -0.1) is 12.4 Å². The number of benzene rings is 1. The lowest BCUT2D eigenvalue weighted by molar-refractivity contribution is 0.322. The second-order valence-electron chi connectivity index (χ2n) is 4.79. The normalized spacial score (nSPS) is 15.8. The van der Waals surface area contributed by atoms with Gasteiger partial charge in [-0.05, 0) is 44.1 Å². The molecule has 2 heterocycles. The summed E-state index contributed by atoms with van der Waals surface area (Å²) in [6.45, 7) is 3.95. The van der Waals surface area contributed by atoms with Crippen molar-refractivity contribution in [3.63, 3.8) is 0 Å². The Labute approximate surface area is 122 Å². The van der Waals surface area contributed by atoms with Gasteiger partial charge in [0.2, 0.25) is 0 Å². The van der Waals surface area contributed by atoms with Crippen LogP contribution >= 0.6 is 24.0 Å². The van der Waals surface area contributed by atoms with Crippen LogP contribution in [-0.4, -0.2) is 34.1 Å². The van der Waals surface area contributed by atoms with E-state index in [0.717, 1.165) is 37.2 Å². The van der Waals surface area contributed by atoms with Crippen LogP contribution in [0.3, 0.4) is 0 Å². The monoisotopic (exact) mass is 301 g/mol. The van der Waals surface area contributed by atoms with Crippen molar-refractivity contribution in [3.05, 3.63) is 33.7 Å². The Hall–Kier alpha value is -0.970. The number of hydrogen-bond donors (Lipinski definition) is 1. The van der Waals surface area contributed by atoms with Gasteiger partial charge < -0.3 is 9.88 Å². The second kappa shape index (κ2) is 5.99. The third-order valence-corrected chi connectivity index (χ3v) is 3.81. The standard InChI is InChI=1S/C13H16ClN3O.ClH/c14-10-3-4-11-12(9-10)17(13(18)15-11)8-7-16-5-1-2-6-16;/h3-4,9H,1-2,5-8H2,(H,15,18);1H. The van der Waals surface area contributed by atoms with Crippen LogP contribution in [0.2, 0.25) is 5.02 Å². The van der Waals surface area contributed by atoms with Crippen molar-refractivity contribution in [2.45, 2.75) is 19.4 Å². The highest BCUT2D eigenvalue weighted by molar-refractivity contribution is 6.31. The fourth-order valence-electron chi connectivity index (χ4n) is 2.60. The smallest absolute Gasteiger partial charge is 0.306 e. The van der Waals surface area contributed by atoms with Crippen molar-refractivity contribution in [3.8, 4) is 0 Å². The molecule has 0 aliphatic carbocycles. The van der Waals surface area contributed by atoms with Crippen LogP contribution in [0.25, 0.3) is 11.0 Å². The summed E-state index contributed by atoms with van der Waals surface area (Å²) in [6.07, 6.45) is 2.54. The fraction of sp³-hybridized carbons (Fsp3) is 0.462. The Bertz CT molecular complexity index is 614. The maximum atomic E-state index is 11.9. The quantitative estimate of drug-likeness (QED) is 0.946. The zero-order chi connectivity index (χ0) is 12.5. The van der Waals surface area contributed by atoms with E-state index in [1.807, 2.05) is 12.1 Å². The SMILES string of the molecule is Cl.O=c1[nH]c2ccc(Cl)cc2n1CCN1CCCC1. The van der Waals surface area contributed by atoms with Crippen LogP contribution in [-0.2, 0) is 6.54 Å². The number of halogens is 2. The lowest BCUT2D eigenvalue weighted by Gasteiger charge is -2.14. The third-order valence-electron chi connectivity index (χ3n) is 3.58. The first-order chi connectivity index (χ1) is 8.74. The van der Waals surface area contributed by atoms with E-state index in [1.165, 1.54) is 12.8 Å². The largest absolute Gasteiger partial charge is 0.326 e. The summed E-state index contributed by atoms with van der Waals surface area (Å²) >= 11 is 5.99. The number of likely N-dealkylation sites (tertiary alicyclic amines) is 1. The molecule has 0 spiro atoms. The van der Waals surface area contributed by atoms with Crippen molar-refractivity contribution in [1.29, 1.82) is 0 Å². The number of fused-ring (bicyclic) bond motifs is 1.